The summed E-state index contributed by atoms with van der Waals surface area (Å²) in [5, 5.41) is 0. The van der Waals surface area contributed by atoms with Crippen molar-refractivity contribution in [1.29, 1.82) is 0 Å². The molecule has 0 aromatic heterocycles. The fourth-order valence-electron chi connectivity index (χ4n) is 2.23. The molecule has 23 heavy (non-hydrogen) atoms. The van der Waals surface area contributed by atoms with E-state index in [9.17, 15) is 13.2 Å². The van der Waals surface area contributed by atoms with Gasteiger partial charge in [0.2, 0.25) is 10.0 Å². The fourth-order valence-corrected chi connectivity index (χ4v) is 3.51. The number of benzene rings is 2. The predicted molar refractivity (Wildman–Crippen MR) is 89.3 cm³/mol. The van der Waals surface area contributed by atoms with E-state index in [2.05, 4.69) is 4.72 Å². The van der Waals surface area contributed by atoms with E-state index >= 15 is 0 Å². The Bertz CT molecular complexity index is 771. The van der Waals surface area contributed by atoms with Crippen molar-refractivity contribution in [2.24, 2.45) is 5.73 Å². The molecule has 2 rings (SSSR count). The number of nitrogens with one attached hydrogen (secondary N) is 1. The Kier molecular flexibility index (Phi) is 5.30. The number of aryl methyl sites for hydroxylation is 1. The Labute approximate surface area is 136 Å². The summed E-state index contributed by atoms with van der Waals surface area (Å²) in [6.45, 7) is 3.19. The second-order valence-corrected chi connectivity index (χ2v) is 7.17. The topological polar surface area (TPSA) is 89.3 Å². The van der Waals surface area contributed by atoms with Gasteiger partial charge >= 0.3 is 0 Å². The Morgan fingerprint density at radius 2 is 1.61 bits per heavy atom. The van der Waals surface area contributed by atoms with Gasteiger partial charge in [-0.2, -0.15) is 4.72 Å². The second-order valence-electron chi connectivity index (χ2n) is 5.46. The third-order valence-corrected chi connectivity index (χ3v) is 5.05. The van der Waals surface area contributed by atoms with E-state index in [1.807, 2.05) is 13.0 Å². The van der Waals surface area contributed by atoms with Crippen LogP contribution < -0.4 is 10.5 Å². The van der Waals surface area contributed by atoms with Crippen LogP contribution >= 0.6 is 0 Å². The number of ketones is 1. The van der Waals surface area contributed by atoms with Gasteiger partial charge in [0.25, 0.3) is 0 Å². The smallest absolute Gasteiger partial charge is 0.241 e. The molecule has 0 aliphatic rings. The third-order valence-electron chi connectivity index (χ3n) is 3.59. The van der Waals surface area contributed by atoms with Crippen molar-refractivity contribution in [3.05, 3.63) is 65.7 Å². The van der Waals surface area contributed by atoms with Crippen molar-refractivity contribution < 1.29 is 13.2 Å². The van der Waals surface area contributed by atoms with Crippen LogP contribution in [0.15, 0.2) is 59.5 Å². The van der Waals surface area contributed by atoms with Crippen molar-refractivity contribution in [3.8, 4) is 0 Å². The molecule has 0 aliphatic heterocycles. The van der Waals surface area contributed by atoms with Gasteiger partial charge in [0.1, 0.15) is 5.78 Å². The quantitative estimate of drug-likeness (QED) is 0.846. The summed E-state index contributed by atoms with van der Waals surface area (Å²) >= 11 is 0. The fraction of sp³-hybridized carbons (Fsp3) is 0.235. The lowest BCUT2D eigenvalue weighted by atomic mass is 9.98. The van der Waals surface area contributed by atoms with Gasteiger partial charge < -0.3 is 5.73 Å². The average Bonchev–Trinajstić information content (AvgIpc) is 2.53. The van der Waals surface area contributed by atoms with E-state index in [0.29, 0.717) is 5.56 Å². The van der Waals surface area contributed by atoms with Crippen LogP contribution in [0.4, 0.5) is 0 Å². The van der Waals surface area contributed by atoms with Crippen LogP contribution in [0.3, 0.4) is 0 Å². The highest BCUT2D eigenvalue weighted by atomic mass is 32.2. The van der Waals surface area contributed by atoms with Crippen molar-refractivity contribution in [1.82, 2.24) is 4.72 Å². The number of carbonyl (C=O) groups excluding carboxylic acids is 1. The number of nitrogens with two attached hydrogens (primary N) is 1. The maximum atomic E-state index is 12.5. The summed E-state index contributed by atoms with van der Waals surface area (Å²) < 4.78 is 27.4. The number of rotatable bonds is 6. The lowest BCUT2D eigenvalue weighted by Gasteiger charge is -2.23. The molecule has 0 spiro atoms. The van der Waals surface area contributed by atoms with E-state index in [-0.39, 0.29) is 10.7 Å². The zero-order chi connectivity index (χ0) is 17.0. The molecule has 2 unspecified atom stereocenters. The zero-order valence-electron chi connectivity index (χ0n) is 13.1. The minimum atomic E-state index is -3.83. The van der Waals surface area contributed by atoms with Gasteiger partial charge in [0.15, 0.2) is 0 Å². The molecule has 3 N–H and O–H groups in total. The van der Waals surface area contributed by atoms with Crippen LogP contribution in [0.2, 0.25) is 0 Å². The minimum Gasteiger partial charge on any atom is -0.322 e. The SMILES string of the molecule is CC(=O)C(NS(=O)(=O)c1ccc(C)cc1)C(N)c1ccccc1. The normalized spacial score (nSPS) is 14.2. The third kappa shape index (κ3) is 4.25. The van der Waals surface area contributed by atoms with Crippen molar-refractivity contribution in [2.45, 2.75) is 30.8 Å². The number of hydrogen-bond acceptors (Lipinski definition) is 4. The van der Waals surface area contributed by atoms with Crippen molar-refractivity contribution >= 4 is 15.8 Å². The Morgan fingerprint density at radius 3 is 2.13 bits per heavy atom. The standard InChI is InChI=1S/C17H20N2O3S/c1-12-8-10-15(11-9-12)23(21,22)19-17(13(2)20)16(18)14-6-4-3-5-7-14/h3-11,16-17,19H,18H2,1-2H3. The molecule has 0 radical (unpaired) electrons. The number of sulfonamides is 1. The first-order chi connectivity index (χ1) is 10.8. The lowest BCUT2D eigenvalue weighted by molar-refractivity contribution is -0.119. The minimum absolute atomic E-state index is 0.106. The molecule has 5 nitrogen and oxygen atoms in total. The lowest BCUT2D eigenvalue weighted by Crippen LogP contribution is -2.46. The van der Waals surface area contributed by atoms with Crippen LogP contribution in [0.25, 0.3) is 0 Å². The molecule has 2 aromatic carbocycles. The molecule has 0 aliphatic carbocycles. The highest BCUT2D eigenvalue weighted by molar-refractivity contribution is 7.89. The number of hydrogen-bond donors (Lipinski definition) is 2. The van der Waals surface area contributed by atoms with Crippen LogP contribution in [-0.4, -0.2) is 20.2 Å². The number of Topliss-reactive ketones (excluding diaryl/α,β-unsaturated/α-hetero) is 1. The summed E-state index contributed by atoms with van der Waals surface area (Å²) in [4.78, 5) is 12.0. The first-order valence-electron chi connectivity index (χ1n) is 7.21. The monoisotopic (exact) mass is 332 g/mol. The zero-order valence-corrected chi connectivity index (χ0v) is 13.9. The Hall–Kier alpha value is -2.02. The molecule has 0 saturated carbocycles. The van der Waals surface area contributed by atoms with E-state index in [0.717, 1.165) is 5.56 Å². The molecular weight excluding hydrogens is 312 g/mol. The molecular formula is C17H20N2O3S. The van der Waals surface area contributed by atoms with Gasteiger partial charge in [0.05, 0.1) is 17.0 Å². The highest BCUT2D eigenvalue weighted by Gasteiger charge is 2.29. The van der Waals surface area contributed by atoms with Crippen LogP contribution in [-0.2, 0) is 14.8 Å². The molecule has 2 aromatic rings. The van der Waals surface area contributed by atoms with E-state index < -0.39 is 22.1 Å². The van der Waals surface area contributed by atoms with Gasteiger partial charge in [-0.25, -0.2) is 8.42 Å². The van der Waals surface area contributed by atoms with Gasteiger partial charge in [0, 0.05) is 0 Å². The van der Waals surface area contributed by atoms with Crippen molar-refractivity contribution in [2.75, 3.05) is 0 Å². The molecule has 6 heteroatoms. The predicted octanol–water partition coefficient (Wildman–Crippen LogP) is 1.93. The van der Waals surface area contributed by atoms with Gasteiger partial charge in [-0.05, 0) is 31.5 Å². The maximum absolute atomic E-state index is 12.5. The molecule has 122 valence electrons. The summed E-state index contributed by atoms with van der Waals surface area (Å²) in [7, 11) is -3.83. The summed E-state index contributed by atoms with van der Waals surface area (Å²) in [5.41, 5.74) is 7.75. The molecule has 0 heterocycles. The second kappa shape index (κ2) is 7.04. The van der Waals surface area contributed by atoms with E-state index in [4.69, 9.17) is 5.73 Å². The van der Waals surface area contributed by atoms with E-state index in [1.54, 1.807) is 36.4 Å². The molecule has 2 atom stereocenters. The van der Waals surface area contributed by atoms with E-state index in [1.165, 1.54) is 19.1 Å². The first kappa shape index (κ1) is 17.3. The Balaban J connectivity index is 2.29. The Morgan fingerprint density at radius 1 is 1.04 bits per heavy atom. The van der Waals surface area contributed by atoms with Crippen LogP contribution in [0.5, 0.6) is 0 Å². The number of carbonyl (C=O) groups is 1. The highest BCUT2D eigenvalue weighted by Crippen LogP contribution is 2.18. The summed E-state index contributed by atoms with van der Waals surface area (Å²) in [6, 6.07) is 13.6. The largest absolute Gasteiger partial charge is 0.322 e. The molecule has 0 bridgehead atoms. The van der Waals surface area contributed by atoms with Crippen LogP contribution in [0.1, 0.15) is 24.1 Å². The first-order valence-corrected chi connectivity index (χ1v) is 8.69. The molecule has 0 saturated heterocycles. The van der Waals surface area contributed by atoms with Gasteiger partial charge in [-0.15, -0.1) is 0 Å². The maximum Gasteiger partial charge on any atom is 0.241 e. The van der Waals surface area contributed by atoms with Crippen molar-refractivity contribution in [3.63, 3.8) is 0 Å². The average molecular weight is 332 g/mol. The summed E-state index contributed by atoms with van der Waals surface area (Å²) in [6.07, 6.45) is 0. The van der Waals surface area contributed by atoms with Gasteiger partial charge in [-0.3, -0.25) is 4.79 Å². The van der Waals surface area contributed by atoms with Gasteiger partial charge in [-0.1, -0.05) is 48.0 Å². The molecule has 0 fully saturated rings. The molecule has 0 amide bonds. The summed E-state index contributed by atoms with van der Waals surface area (Å²) in [5.74, 6) is -0.336. The van der Waals surface area contributed by atoms with Crippen LogP contribution in [0, 0.1) is 6.92 Å².